The fourth-order valence-corrected chi connectivity index (χ4v) is 2.82. The number of nitrogens with zero attached hydrogens (tertiary/aromatic N) is 2. The quantitative estimate of drug-likeness (QED) is 0.841. The standard InChI is InChI=1S/C14H24N4/c1-4-11-12(15-3)17-10-18-13(11)16-9-14(2)7-5-6-8-14/h10H,4-9H2,1-3H3,(H2,15,16,17,18). The average Bonchev–Trinajstić information content (AvgIpc) is 2.83. The van der Waals surface area contributed by atoms with Crippen LogP contribution >= 0.6 is 0 Å². The summed E-state index contributed by atoms with van der Waals surface area (Å²) in [7, 11) is 1.91. The van der Waals surface area contributed by atoms with Crippen LogP contribution in [0.25, 0.3) is 0 Å². The zero-order valence-electron chi connectivity index (χ0n) is 11.7. The van der Waals surface area contributed by atoms with Crippen molar-refractivity contribution in [2.45, 2.75) is 46.0 Å². The summed E-state index contributed by atoms with van der Waals surface area (Å²) in [5.74, 6) is 1.93. The first-order chi connectivity index (χ1) is 8.68. The first-order valence-electron chi connectivity index (χ1n) is 6.94. The van der Waals surface area contributed by atoms with Crippen LogP contribution in [0.15, 0.2) is 6.33 Å². The Morgan fingerprint density at radius 2 is 1.89 bits per heavy atom. The summed E-state index contributed by atoms with van der Waals surface area (Å²) < 4.78 is 0. The topological polar surface area (TPSA) is 49.8 Å². The number of nitrogens with one attached hydrogen (secondary N) is 2. The highest BCUT2D eigenvalue weighted by atomic mass is 15.1. The molecule has 0 amide bonds. The van der Waals surface area contributed by atoms with Gasteiger partial charge in [0, 0.05) is 19.2 Å². The molecule has 0 atom stereocenters. The van der Waals surface area contributed by atoms with Gasteiger partial charge in [-0.15, -0.1) is 0 Å². The fourth-order valence-electron chi connectivity index (χ4n) is 2.82. The first-order valence-corrected chi connectivity index (χ1v) is 6.94. The minimum Gasteiger partial charge on any atom is -0.373 e. The van der Waals surface area contributed by atoms with Crippen molar-refractivity contribution in [3.8, 4) is 0 Å². The molecule has 0 radical (unpaired) electrons. The third kappa shape index (κ3) is 2.74. The van der Waals surface area contributed by atoms with Crippen LogP contribution in [0, 0.1) is 5.41 Å². The molecule has 4 heteroatoms. The van der Waals surface area contributed by atoms with Gasteiger partial charge in [0.2, 0.25) is 0 Å². The second kappa shape index (κ2) is 5.55. The Labute approximate surface area is 110 Å². The molecular weight excluding hydrogens is 224 g/mol. The highest BCUT2D eigenvalue weighted by Crippen LogP contribution is 2.37. The van der Waals surface area contributed by atoms with E-state index in [-0.39, 0.29) is 0 Å². The van der Waals surface area contributed by atoms with Crippen molar-refractivity contribution in [3.05, 3.63) is 11.9 Å². The van der Waals surface area contributed by atoms with Gasteiger partial charge in [0.1, 0.15) is 18.0 Å². The summed E-state index contributed by atoms with van der Waals surface area (Å²) in [4.78, 5) is 8.65. The summed E-state index contributed by atoms with van der Waals surface area (Å²) in [5, 5.41) is 6.66. The molecule has 4 nitrogen and oxygen atoms in total. The van der Waals surface area contributed by atoms with Gasteiger partial charge in [-0.2, -0.15) is 0 Å². The number of rotatable bonds is 5. The monoisotopic (exact) mass is 248 g/mol. The molecule has 1 aliphatic rings. The van der Waals surface area contributed by atoms with Crippen LogP contribution in [0.2, 0.25) is 0 Å². The highest BCUT2D eigenvalue weighted by Gasteiger charge is 2.28. The van der Waals surface area contributed by atoms with E-state index in [2.05, 4.69) is 34.4 Å². The van der Waals surface area contributed by atoms with E-state index < -0.39 is 0 Å². The molecule has 0 unspecified atom stereocenters. The third-order valence-corrected chi connectivity index (χ3v) is 4.03. The Morgan fingerprint density at radius 1 is 1.22 bits per heavy atom. The molecule has 1 aromatic rings. The number of anilines is 2. The van der Waals surface area contributed by atoms with Crippen LogP contribution < -0.4 is 10.6 Å². The van der Waals surface area contributed by atoms with Gasteiger partial charge in [-0.05, 0) is 24.7 Å². The molecule has 0 aliphatic heterocycles. The molecule has 1 saturated carbocycles. The van der Waals surface area contributed by atoms with Gasteiger partial charge in [0.25, 0.3) is 0 Å². The minimum atomic E-state index is 0.440. The molecule has 1 aliphatic carbocycles. The van der Waals surface area contributed by atoms with Crippen molar-refractivity contribution in [3.63, 3.8) is 0 Å². The molecule has 0 aromatic carbocycles. The number of hydrogen-bond acceptors (Lipinski definition) is 4. The lowest BCUT2D eigenvalue weighted by atomic mass is 9.89. The maximum absolute atomic E-state index is 4.39. The molecule has 1 fully saturated rings. The molecule has 1 aromatic heterocycles. The maximum atomic E-state index is 4.39. The highest BCUT2D eigenvalue weighted by molar-refractivity contribution is 5.57. The van der Waals surface area contributed by atoms with Crippen LogP contribution in [0.5, 0.6) is 0 Å². The normalized spacial score (nSPS) is 17.7. The van der Waals surface area contributed by atoms with Crippen molar-refractivity contribution in [2.75, 3.05) is 24.2 Å². The molecule has 2 rings (SSSR count). The zero-order valence-corrected chi connectivity index (χ0v) is 11.7. The van der Waals surface area contributed by atoms with Gasteiger partial charge in [-0.1, -0.05) is 26.7 Å². The maximum Gasteiger partial charge on any atom is 0.134 e. The number of hydrogen-bond donors (Lipinski definition) is 2. The Balaban J connectivity index is 2.09. The predicted molar refractivity (Wildman–Crippen MR) is 76.0 cm³/mol. The molecular formula is C14H24N4. The molecule has 1 heterocycles. The largest absolute Gasteiger partial charge is 0.373 e. The van der Waals surface area contributed by atoms with Crippen LogP contribution in [0.4, 0.5) is 11.6 Å². The van der Waals surface area contributed by atoms with E-state index >= 15 is 0 Å². The second-order valence-electron chi connectivity index (χ2n) is 5.52. The number of aromatic nitrogens is 2. The van der Waals surface area contributed by atoms with E-state index in [1.807, 2.05) is 7.05 Å². The van der Waals surface area contributed by atoms with E-state index in [4.69, 9.17) is 0 Å². The van der Waals surface area contributed by atoms with Gasteiger partial charge >= 0.3 is 0 Å². The van der Waals surface area contributed by atoms with Crippen LogP contribution in [-0.2, 0) is 6.42 Å². The van der Waals surface area contributed by atoms with Crippen LogP contribution in [0.3, 0.4) is 0 Å². The van der Waals surface area contributed by atoms with Gasteiger partial charge in [0.05, 0.1) is 0 Å². The Kier molecular flexibility index (Phi) is 4.04. The van der Waals surface area contributed by atoms with E-state index in [9.17, 15) is 0 Å². The lowest BCUT2D eigenvalue weighted by Gasteiger charge is -2.25. The predicted octanol–water partition coefficient (Wildman–Crippen LogP) is 3.07. The lowest BCUT2D eigenvalue weighted by molar-refractivity contribution is 0.361. The summed E-state index contributed by atoms with van der Waals surface area (Å²) >= 11 is 0. The van der Waals surface area contributed by atoms with E-state index in [1.54, 1.807) is 6.33 Å². The van der Waals surface area contributed by atoms with Crippen molar-refractivity contribution >= 4 is 11.6 Å². The van der Waals surface area contributed by atoms with Crippen molar-refractivity contribution in [2.24, 2.45) is 5.41 Å². The molecule has 0 spiro atoms. The minimum absolute atomic E-state index is 0.440. The second-order valence-corrected chi connectivity index (χ2v) is 5.52. The first kappa shape index (κ1) is 13.1. The van der Waals surface area contributed by atoms with Gasteiger partial charge in [-0.25, -0.2) is 9.97 Å². The van der Waals surface area contributed by atoms with E-state index in [0.717, 1.165) is 24.6 Å². The van der Waals surface area contributed by atoms with E-state index in [1.165, 1.54) is 31.2 Å². The molecule has 2 N–H and O–H groups in total. The fraction of sp³-hybridized carbons (Fsp3) is 0.714. The van der Waals surface area contributed by atoms with Crippen LogP contribution in [0.1, 0.15) is 45.1 Å². The van der Waals surface area contributed by atoms with E-state index in [0.29, 0.717) is 5.41 Å². The summed E-state index contributed by atoms with van der Waals surface area (Å²) in [5.41, 5.74) is 1.62. The van der Waals surface area contributed by atoms with Gasteiger partial charge in [0.15, 0.2) is 0 Å². The smallest absolute Gasteiger partial charge is 0.134 e. The Morgan fingerprint density at radius 3 is 2.50 bits per heavy atom. The molecule has 18 heavy (non-hydrogen) atoms. The summed E-state index contributed by atoms with van der Waals surface area (Å²) in [6.45, 7) is 5.53. The lowest BCUT2D eigenvalue weighted by Crippen LogP contribution is -2.24. The van der Waals surface area contributed by atoms with Crippen LogP contribution in [-0.4, -0.2) is 23.6 Å². The molecule has 0 saturated heterocycles. The summed E-state index contributed by atoms with van der Waals surface area (Å²) in [6.07, 6.45) is 7.95. The Bertz CT molecular complexity index is 397. The van der Waals surface area contributed by atoms with Crippen molar-refractivity contribution < 1.29 is 0 Å². The molecule has 100 valence electrons. The van der Waals surface area contributed by atoms with Crippen molar-refractivity contribution in [1.29, 1.82) is 0 Å². The molecule has 0 bridgehead atoms. The van der Waals surface area contributed by atoms with Gasteiger partial charge in [-0.3, -0.25) is 0 Å². The summed E-state index contributed by atoms with van der Waals surface area (Å²) in [6, 6.07) is 0. The van der Waals surface area contributed by atoms with Crippen molar-refractivity contribution in [1.82, 2.24) is 9.97 Å². The third-order valence-electron chi connectivity index (χ3n) is 4.03. The zero-order chi connectivity index (χ0) is 13.0. The van der Waals surface area contributed by atoms with Gasteiger partial charge < -0.3 is 10.6 Å². The SMILES string of the molecule is CCc1c(NC)ncnc1NCC1(C)CCCC1. The Hall–Kier alpha value is -1.32. The average molecular weight is 248 g/mol.